The van der Waals surface area contributed by atoms with Crippen molar-refractivity contribution in [3.63, 3.8) is 0 Å². The average Bonchev–Trinajstić information content (AvgIpc) is 2.19. The minimum Gasteiger partial charge on any atom is -0.319 e. The molecule has 0 saturated carbocycles. The summed E-state index contributed by atoms with van der Waals surface area (Å²) in [6.07, 6.45) is 9.20. The highest BCUT2D eigenvalue weighted by Gasteiger charge is 2.29. The van der Waals surface area contributed by atoms with E-state index in [0.29, 0.717) is 11.3 Å². The molecule has 1 N–H and O–H groups in total. The summed E-state index contributed by atoms with van der Waals surface area (Å²) in [7, 11) is 2.03. The van der Waals surface area contributed by atoms with Crippen LogP contribution in [-0.2, 0) is 0 Å². The molecule has 0 aromatic carbocycles. The van der Waals surface area contributed by atoms with Crippen LogP contribution in [0.1, 0.15) is 33.6 Å². The molecule has 0 radical (unpaired) electrons. The lowest BCUT2D eigenvalue weighted by Crippen LogP contribution is -2.31. The van der Waals surface area contributed by atoms with Crippen molar-refractivity contribution in [2.45, 2.75) is 33.6 Å². The Balaban J connectivity index is 2.72. The van der Waals surface area contributed by atoms with Gasteiger partial charge in [0, 0.05) is 0 Å². The summed E-state index contributed by atoms with van der Waals surface area (Å²) in [5.41, 5.74) is 1.93. The van der Waals surface area contributed by atoms with Crippen LogP contribution in [0.5, 0.6) is 0 Å². The van der Waals surface area contributed by atoms with Crippen LogP contribution < -0.4 is 5.32 Å². The Morgan fingerprint density at radius 3 is 2.71 bits per heavy atom. The molecule has 0 amide bonds. The van der Waals surface area contributed by atoms with E-state index in [1.807, 2.05) is 7.05 Å². The number of hydrogen-bond donors (Lipinski definition) is 1. The highest BCUT2D eigenvalue weighted by atomic mass is 14.8. The van der Waals surface area contributed by atoms with Gasteiger partial charge in [-0.15, -0.1) is 0 Å². The molecule has 1 aliphatic rings. The Morgan fingerprint density at radius 2 is 2.21 bits per heavy atom. The van der Waals surface area contributed by atoms with Gasteiger partial charge in [0.2, 0.25) is 0 Å². The van der Waals surface area contributed by atoms with E-state index in [9.17, 15) is 0 Å². The molecule has 0 aliphatic heterocycles. The van der Waals surface area contributed by atoms with Gasteiger partial charge in [-0.05, 0) is 37.8 Å². The standard InChI is InChI=1S/C13H23N/c1-11(10-14-4)13(2,3)12-8-6-5-7-9-12/h5-6,8,11,14H,7,9-10H2,1-4H3. The number of nitrogens with one attached hydrogen (secondary N) is 1. The lowest BCUT2D eigenvalue weighted by Gasteiger charge is -2.35. The maximum Gasteiger partial charge on any atom is -0.00180 e. The van der Waals surface area contributed by atoms with E-state index >= 15 is 0 Å². The van der Waals surface area contributed by atoms with Gasteiger partial charge in [-0.3, -0.25) is 0 Å². The second kappa shape index (κ2) is 4.79. The molecular weight excluding hydrogens is 170 g/mol. The van der Waals surface area contributed by atoms with Crippen LogP contribution in [0.25, 0.3) is 0 Å². The smallest absolute Gasteiger partial charge is 0.00180 e. The third kappa shape index (κ3) is 2.48. The molecule has 14 heavy (non-hydrogen) atoms. The summed E-state index contributed by atoms with van der Waals surface area (Å²) >= 11 is 0. The van der Waals surface area contributed by atoms with Crippen molar-refractivity contribution >= 4 is 0 Å². The Hall–Kier alpha value is -0.560. The molecule has 1 aliphatic carbocycles. The first-order valence-electron chi connectivity index (χ1n) is 5.59. The van der Waals surface area contributed by atoms with E-state index in [2.05, 4.69) is 44.3 Å². The van der Waals surface area contributed by atoms with Crippen molar-refractivity contribution in [2.24, 2.45) is 11.3 Å². The molecule has 0 aromatic heterocycles. The molecule has 1 nitrogen and oxygen atoms in total. The quantitative estimate of drug-likeness (QED) is 0.723. The predicted molar refractivity (Wildman–Crippen MR) is 63.3 cm³/mol. The molecule has 0 spiro atoms. The SMILES string of the molecule is CNCC(C)C(C)(C)C1=CC=CCC1. The fourth-order valence-electron chi connectivity index (χ4n) is 2.02. The van der Waals surface area contributed by atoms with Gasteiger partial charge in [-0.2, -0.15) is 0 Å². The van der Waals surface area contributed by atoms with Crippen LogP contribution in [0.15, 0.2) is 23.8 Å². The van der Waals surface area contributed by atoms with Crippen molar-refractivity contribution < 1.29 is 0 Å². The van der Waals surface area contributed by atoms with Gasteiger partial charge >= 0.3 is 0 Å². The molecule has 1 atom stereocenters. The third-order valence-corrected chi connectivity index (χ3v) is 3.58. The number of hydrogen-bond acceptors (Lipinski definition) is 1. The summed E-state index contributed by atoms with van der Waals surface area (Å²) in [5, 5.41) is 3.27. The van der Waals surface area contributed by atoms with Gasteiger partial charge in [-0.25, -0.2) is 0 Å². The Bertz CT molecular complexity index is 236. The zero-order chi connectivity index (χ0) is 10.6. The van der Waals surface area contributed by atoms with Crippen molar-refractivity contribution in [2.75, 3.05) is 13.6 Å². The van der Waals surface area contributed by atoms with E-state index in [1.165, 1.54) is 12.8 Å². The lowest BCUT2D eigenvalue weighted by molar-refractivity contribution is 0.273. The fourth-order valence-corrected chi connectivity index (χ4v) is 2.02. The topological polar surface area (TPSA) is 12.0 Å². The van der Waals surface area contributed by atoms with Gasteiger partial charge in [0.1, 0.15) is 0 Å². The monoisotopic (exact) mass is 193 g/mol. The first-order chi connectivity index (χ1) is 6.59. The van der Waals surface area contributed by atoms with E-state index in [1.54, 1.807) is 5.57 Å². The fraction of sp³-hybridized carbons (Fsp3) is 0.692. The largest absolute Gasteiger partial charge is 0.319 e. The zero-order valence-corrected chi connectivity index (χ0v) is 9.93. The maximum absolute atomic E-state index is 3.27. The van der Waals surface area contributed by atoms with Crippen LogP contribution in [0.4, 0.5) is 0 Å². The number of rotatable bonds is 4. The molecule has 0 bridgehead atoms. The maximum atomic E-state index is 3.27. The minimum atomic E-state index is 0.327. The molecule has 1 unspecified atom stereocenters. The Labute approximate surface area is 88.3 Å². The summed E-state index contributed by atoms with van der Waals surface area (Å²) < 4.78 is 0. The lowest BCUT2D eigenvalue weighted by atomic mass is 9.71. The summed E-state index contributed by atoms with van der Waals surface area (Å²) in [6, 6.07) is 0. The van der Waals surface area contributed by atoms with Gasteiger partial charge in [0.15, 0.2) is 0 Å². The highest BCUT2D eigenvalue weighted by molar-refractivity contribution is 5.23. The second-order valence-corrected chi connectivity index (χ2v) is 4.84. The van der Waals surface area contributed by atoms with Crippen molar-refractivity contribution in [3.05, 3.63) is 23.8 Å². The second-order valence-electron chi connectivity index (χ2n) is 4.84. The average molecular weight is 193 g/mol. The molecule has 1 heteroatoms. The molecule has 0 aromatic rings. The van der Waals surface area contributed by atoms with E-state index in [-0.39, 0.29) is 0 Å². The molecule has 0 saturated heterocycles. The molecular formula is C13H23N. The zero-order valence-electron chi connectivity index (χ0n) is 9.93. The summed E-state index contributed by atoms with van der Waals surface area (Å²) in [4.78, 5) is 0. The third-order valence-electron chi connectivity index (χ3n) is 3.58. The van der Waals surface area contributed by atoms with Gasteiger partial charge in [0.25, 0.3) is 0 Å². The van der Waals surface area contributed by atoms with Crippen LogP contribution in [0.2, 0.25) is 0 Å². The van der Waals surface area contributed by atoms with Crippen LogP contribution in [0, 0.1) is 11.3 Å². The van der Waals surface area contributed by atoms with Gasteiger partial charge in [-0.1, -0.05) is 44.6 Å². The normalized spacial score (nSPS) is 19.3. The van der Waals surface area contributed by atoms with E-state index in [4.69, 9.17) is 0 Å². The van der Waals surface area contributed by atoms with Crippen LogP contribution in [0.3, 0.4) is 0 Å². The molecule has 80 valence electrons. The van der Waals surface area contributed by atoms with Gasteiger partial charge < -0.3 is 5.32 Å². The van der Waals surface area contributed by atoms with Crippen LogP contribution >= 0.6 is 0 Å². The van der Waals surface area contributed by atoms with Crippen molar-refractivity contribution in [3.8, 4) is 0 Å². The minimum absolute atomic E-state index is 0.327. The van der Waals surface area contributed by atoms with E-state index < -0.39 is 0 Å². The summed E-state index contributed by atoms with van der Waals surface area (Å²) in [6.45, 7) is 8.14. The van der Waals surface area contributed by atoms with Crippen molar-refractivity contribution in [1.82, 2.24) is 5.32 Å². The molecule has 0 heterocycles. The first kappa shape index (κ1) is 11.5. The van der Waals surface area contributed by atoms with Crippen molar-refractivity contribution in [1.29, 1.82) is 0 Å². The predicted octanol–water partition coefficient (Wildman–Crippen LogP) is 3.14. The highest BCUT2D eigenvalue weighted by Crippen LogP contribution is 2.38. The van der Waals surface area contributed by atoms with E-state index in [0.717, 1.165) is 6.54 Å². The summed E-state index contributed by atoms with van der Waals surface area (Å²) in [5.74, 6) is 0.685. The molecule has 1 rings (SSSR count). The first-order valence-corrected chi connectivity index (χ1v) is 5.59. The molecule has 0 fully saturated rings. The Morgan fingerprint density at radius 1 is 1.50 bits per heavy atom. The Kier molecular flexibility index (Phi) is 3.94. The number of allylic oxidation sites excluding steroid dienone is 4. The van der Waals surface area contributed by atoms with Gasteiger partial charge in [0.05, 0.1) is 0 Å². The van der Waals surface area contributed by atoms with Crippen LogP contribution in [-0.4, -0.2) is 13.6 Å².